The Kier molecular flexibility index (Phi) is 4.45. The van der Waals surface area contributed by atoms with Gasteiger partial charge in [-0.1, -0.05) is 18.2 Å². The lowest BCUT2D eigenvalue weighted by Crippen LogP contribution is -2.42. The lowest BCUT2D eigenvalue weighted by atomic mass is 10.1. The molecule has 4 rings (SSSR count). The van der Waals surface area contributed by atoms with Crippen LogP contribution in [0, 0.1) is 5.82 Å². The van der Waals surface area contributed by atoms with E-state index in [1.54, 1.807) is 40.3 Å². The lowest BCUT2D eigenvalue weighted by molar-refractivity contribution is -0.0228. The molecule has 1 saturated heterocycles. The number of aromatic nitrogens is 3. The van der Waals surface area contributed by atoms with Gasteiger partial charge in [-0.3, -0.25) is 9.36 Å². The van der Waals surface area contributed by atoms with Crippen molar-refractivity contribution in [3.05, 3.63) is 78.1 Å². The van der Waals surface area contributed by atoms with E-state index in [-0.39, 0.29) is 17.8 Å². The quantitative estimate of drug-likeness (QED) is 0.727. The summed E-state index contributed by atoms with van der Waals surface area (Å²) in [5.74, 6) is -0.348. The van der Waals surface area contributed by atoms with Crippen molar-refractivity contribution < 1.29 is 13.9 Å². The maximum Gasteiger partial charge on any atom is 0.254 e. The Balaban J connectivity index is 1.52. The molecule has 1 amide bonds. The molecule has 7 heteroatoms. The van der Waals surface area contributed by atoms with E-state index in [4.69, 9.17) is 4.74 Å². The summed E-state index contributed by atoms with van der Waals surface area (Å²) in [6.07, 6.45) is 2.92. The third kappa shape index (κ3) is 3.34. The third-order valence-corrected chi connectivity index (χ3v) is 4.41. The second-order valence-electron chi connectivity index (χ2n) is 6.08. The molecule has 1 aliphatic rings. The fourth-order valence-corrected chi connectivity index (χ4v) is 3.03. The van der Waals surface area contributed by atoms with Gasteiger partial charge in [-0.05, 0) is 35.9 Å². The molecule has 0 unspecified atom stereocenters. The molecule has 2 aromatic carbocycles. The number of carbonyl (C=O) groups excluding carboxylic acids is 1. The zero-order valence-corrected chi connectivity index (χ0v) is 14.0. The highest BCUT2D eigenvalue weighted by molar-refractivity contribution is 5.94. The third-order valence-electron chi connectivity index (χ3n) is 4.41. The van der Waals surface area contributed by atoms with Crippen molar-refractivity contribution in [1.82, 2.24) is 19.7 Å². The zero-order valence-electron chi connectivity index (χ0n) is 14.0. The van der Waals surface area contributed by atoms with E-state index >= 15 is 0 Å². The van der Waals surface area contributed by atoms with E-state index in [9.17, 15) is 9.18 Å². The van der Waals surface area contributed by atoms with Crippen molar-refractivity contribution in [3.8, 4) is 5.69 Å². The van der Waals surface area contributed by atoms with Crippen LogP contribution in [0.1, 0.15) is 22.0 Å². The average molecular weight is 352 g/mol. The first-order chi connectivity index (χ1) is 12.7. The van der Waals surface area contributed by atoms with E-state index in [1.165, 1.54) is 12.1 Å². The molecule has 1 atom stereocenters. The van der Waals surface area contributed by atoms with Gasteiger partial charge in [-0.15, -0.1) is 10.2 Å². The van der Waals surface area contributed by atoms with Crippen LogP contribution in [-0.2, 0) is 4.74 Å². The molecular formula is C19H17FN4O2. The van der Waals surface area contributed by atoms with Crippen LogP contribution in [0.5, 0.6) is 0 Å². The molecule has 0 bridgehead atoms. The topological polar surface area (TPSA) is 60.2 Å². The smallest absolute Gasteiger partial charge is 0.254 e. The number of morpholine rings is 1. The molecule has 6 nitrogen and oxygen atoms in total. The summed E-state index contributed by atoms with van der Waals surface area (Å²) in [5.41, 5.74) is 2.28. The zero-order chi connectivity index (χ0) is 17.9. The Labute approximate surface area is 149 Å². The summed E-state index contributed by atoms with van der Waals surface area (Å²) < 4.78 is 20.6. The van der Waals surface area contributed by atoms with Crippen molar-refractivity contribution >= 4 is 5.91 Å². The molecule has 1 fully saturated rings. The van der Waals surface area contributed by atoms with Crippen LogP contribution in [0.2, 0.25) is 0 Å². The molecule has 26 heavy (non-hydrogen) atoms. The second-order valence-corrected chi connectivity index (χ2v) is 6.08. The Bertz CT molecular complexity index is 896. The highest BCUT2D eigenvalue weighted by Crippen LogP contribution is 2.24. The first-order valence-corrected chi connectivity index (χ1v) is 8.32. The van der Waals surface area contributed by atoms with Crippen molar-refractivity contribution in [1.29, 1.82) is 0 Å². The Morgan fingerprint density at radius 3 is 2.65 bits per heavy atom. The van der Waals surface area contributed by atoms with E-state index in [2.05, 4.69) is 10.2 Å². The van der Waals surface area contributed by atoms with Crippen LogP contribution < -0.4 is 0 Å². The van der Waals surface area contributed by atoms with E-state index < -0.39 is 0 Å². The fourth-order valence-electron chi connectivity index (χ4n) is 3.03. The predicted molar refractivity (Wildman–Crippen MR) is 92.4 cm³/mol. The lowest BCUT2D eigenvalue weighted by Gasteiger charge is -2.33. The standard InChI is InChI=1S/C19H17FN4O2/c20-16-6-4-14(5-7-16)18-11-23(8-9-26-18)19(25)15-2-1-3-17(10-15)24-12-21-22-13-24/h1-7,10,12-13,18H,8-9,11H2/t18-/m1/s1. The maximum atomic E-state index is 13.1. The van der Waals surface area contributed by atoms with E-state index in [1.807, 2.05) is 18.2 Å². The molecule has 0 saturated carbocycles. The molecular weight excluding hydrogens is 335 g/mol. The van der Waals surface area contributed by atoms with Crippen molar-refractivity contribution in [3.63, 3.8) is 0 Å². The maximum absolute atomic E-state index is 13.1. The second kappa shape index (κ2) is 7.05. The van der Waals surface area contributed by atoms with E-state index in [0.717, 1.165) is 11.3 Å². The minimum absolute atomic E-state index is 0.0599. The normalized spacial score (nSPS) is 17.3. The summed E-state index contributed by atoms with van der Waals surface area (Å²) in [4.78, 5) is 14.7. The van der Waals surface area contributed by atoms with Crippen molar-refractivity contribution in [2.45, 2.75) is 6.10 Å². The van der Waals surface area contributed by atoms with Crippen LogP contribution in [0.3, 0.4) is 0 Å². The number of nitrogens with zero attached hydrogens (tertiary/aromatic N) is 4. The van der Waals surface area contributed by atoms with Gasteiger partial charge in [0.1, 0.15) is 24.6 Å². The molecule has 1 aliphatic heterocycles. The van der Waals surface area contributed by atoms with Crippen molar-refractivity contribution in [2.24, 2.45) is 0 Å². The Hall–Kier alpha value is -3.06. The number of benzene rings is 2. The fraction of sp³-hybridized carbons (Fsp3) is 0.211. The summed E-state index contributed by atoms with van der Waals surface area (Å²) in [7, 11) is 0. The molecule has 0 radical (unpaired) electrons. The molecule has 0 aliphatic carbocycles. The Morgan fingerprint density at radius 2 is 1.88 bits per heavy atom. The molecule has 1 aromatic heterocycles. The van der Waals surface area contributed by atoms with Gasteiger partial charge in [-0.25, -0.2) is 4.39 Å². The predicted octanol–water partition coefficient (Wildman–Crippen LogP) is 2.62. The summed E-state index contributed by atoms with van der Waals surface area (Å²) in [6.45, 7) is 1.40. The number of rotatable bonds is 3. The first-order valence-electron chi connectivity index (χ1n) is 8.32. The minimum atomic E-state index is -0.289. The van der Waals surface area contributed by atoms with Gasteiger partial charge in [0.15, 0.2) is 0 Å². The highest BCUT2D eigenvalue weighted by atomic mass is 19.1. The van der Waals surface area contributed by atoms with Crippen LogP contribution in [0.4, 0.5) is 4.39 Å². The van der Waals surface area contributed by atoms with Gasteiger partial charge in [0.2, 0.25) is 0 Å². The Morgan fingerprint density at radius 1 is 1.12 bits per heavy atom. The van der Waals surface area contributed by atoms with Crippen molar-refractivity contribution in [2.75, 3.05) is 19.7 Å². The van der Waals surface area contributed by atoms with Gasteiger partial charge in [0.05, 0.1) is 13.2 Å². The number of ether oxygens (including phenoxy) is 1. The van der Waals surface area contributed by atoms with Gasteiger partial charge in [0.25, 0.3) is 5.91 Å². The summed E-state index contributed by atoms with van der Waals surface area (Å²) in [5, 5.41) is 7.57. The number of hydrogen-bond donors (Lipinski definition) is 0. The highest BCUT2D eigenvalue weighted by Gasteiger charge is 2.26. The van der Waals surface area contributed by atoms with Gasteiger partial charge < -0.3 is 9.64 Å². The molecule has 2 heterocycles. The largest absolute Gasteiger partial charge is 0.370 e. The van der Waals surface area contributed by atoms with Gasteiger partial charge >= 0.3 is 0 Å². The molecule has 0 spiro atoms. The first kappa shape index (κ1) is 16.4. The van der Waals surface area contributed by atoms with Gasteiger partial charge in [0, 0.05) is 17.8 Å². The summed E-state index contributed by atoms with van der Waals surface area (Å²) in [6, 6.07) is 13.5. The van der Waals surface area contributed by atoms with Crippen LogP contribution >= 0.6 is 0 Å². The monoisotopic (exact) mass is 352 g/mol. The molecule has 132 valence electrons. The van der Waals surface area contributed by atoms with Crippen LogP contribution in [0.15, 0.2) is 61.2 Å². The van der Waals surface area contributed by atoms with Crippen LogP contribution in [0.25, 0.3) is 5.69 Å². The SMILES string of the molecule is O=C(c1cccc(-n2cnnc2)c1)N1CCO[C@@H](c2ccc(F)cc2)C1. The summed E-state index contributed by atoms with van der Waals surface area (Å²) >= 11 is 0. The number of hydrogen-bond acceptors (Lipinski definition) is 4. The molecule has 0 N–H and O–H groups in total. The number of halogens is 1. The van der Waals surface area contributed by atoms with Crippen LogP contribution in [-0.4, -0.2) is 45.3 Å². The van der Waals surface area contributed by atoms with E-state index in [0.29, 0.717) is 25.3 Å². The average Bonchev–Trinajstić information content (AvgIpc) is 3.23. The molecule has 3 aromatic rings. The minimum Gasteiger partial charge on any atom is -0.370 e. The number of amides is 1. The van der Waals surface area contributed by atoms with Gasteiger partial charge in [-0.2, -0.15) is 0 Å². The number of carbonyl (C=O) groups is 1.